The first-order chi connectivity index (χ1) is 6.97. The molecule has 0 amide bonds. The fraction of sp³-hybridized carbons (Fsp3) is 0.625. The SMILES string of the molecule is CC(CO)CNS(=O)(=O)c1ccnn1C. The van der Waals surface area contributed by atoms with Gasteiger partial charge in [0.25, 0.3) is 10.0 Å². The second-order valence-electron chi connectivity index (χ2n) is 3.43. The topological polar surface area (TPSA) is 84.2 Å². The molecule has 1 heterocycles. The zero-order valence-electron chi connectivity index (χ0n) is 8.71. The highest BCUT2D eigenvalue weighted by Crippen LogP contribution is 2.06. The molecule has 15 heavy (non-hydrogen) atoms. The van der Waals surface area contributed by atoms with Gasteiger partial charge in [0.15, 0.2) is 5.03 Å². The molecule has 0 bridgehead atoms. The van der Waals surface area contributed by atoms with Crippen LogP contribution < -0.4 is 4.72 Å². The Bertz CT molecular complexity index is 413. The number of aliphatic hydroxyl groups excluding tert-OH is 1. The van der Waals surface area contributed by atoms with E-state index in [0.29, 0.717) is 0 Å². The first kappa shape index (κ1) is 12.2. The molecule has 0 aromatic carbocycles. The highest BCUT2D eigenvalue weighted by Gasteiger charge is 2.18. The van der Waals surface area contributed by atoms with Crippen molar-refractivity contribution in [3.63, 3.8) is 0 Å². The molecule has 0 spiro atoms. The molecule has 0 radical (unpaired) electrons. The zero-order chi connectivity index (χ0) is 11.5. The van der Waals surface area contributed by atoms with Crippen LogP contribution in [0.1, 0.15) is 6.92 Å². The standard InChI is InChI=1S/C8H15N3O3S/c1-7(6-12)5-10-15(13,14)8-3-4-9-11(8)2/h3-4,7,10,12H,5-6H2,1-2H3. The molecule has 1 atom stereocenters. The number of aryl methyl sites for hydroxylation is 1. The van der Waals surface area contributed by atoms with Crippen molar-refractivity contribution in [3.8, 4) is 0 Å². The van der Waals surface area contributed by atoms with Crippen LogP contribution in [0.15, 0.2) is 17.3 Å². The van der Waals surface area contributed by atoms with Crippen molar-refractivity contribution < 1.29 is 13.5 Å². The second-order valence-corrected chi connectivity index (χ2v) is 5.15. The lowest BCUT2D eigenvalue weighted by Gasteiger charge is -2.10. The van der Waals surface area contributed by atoms with Gasteiger partial charge in [0.1, 0.15) is 0 Å². The summed E-state index contributed by atoms with van der Waals surface area (Å²) in [6.45, 7) is 1.92. The summed E-state index contributed by atoms with van der Waals surface area (Å²) in [6, 6.07) is 1.42. The molecule has 0 aliphatic rings. The van der Waals surface area contributed by atoms with Gasteiger partial charge in [-0.2, -0.15) is 5.10 Å². The van der Waals surface area contributed by atoms with Crippen molar-refractivity contribution in [2.75, 3.05) is 13.2 Å². The van der Waals surface area contributed by atoms with Gasteiger partial charge in [-0.3, -0.25) is 4.68 Å². The molecular formula is C8H15N3O3S. The van der Waals surface area contributed by atoms with Crippen molar-refractivity contribution in [2.24, 2.45) is 13.0 Å². The van der Waals surface area contributed by atoms with Crippen LogP contribution in [-0.4, -0.2) is 36.5 Å². The minimum absolute atomic E-state index is 0.0477. The molecule has 1 aromatic rings. The van der Waals surface area contributed by atoms with E-state index in [-0.39, 0.29) is 24.1 Å². The number of nitrogens with one attached hydrogen (secondary N) is 1. The smallest absolute Gasteiger partial charge is 0.257 e. The van der Waals surface area contributed by atoms with Crippen molar-refractivity contribution in [1.82, 2.24) is 14.5 Å². The molecule has 0 saturated heterocycles. The van der Waals surface area contributed by atoms with Gasteiger partial charge in [-0.25, -0.2) is 13.1 Å². The van der Waals surface area contributed by atoms with Crippen LogP contribution in [0.4, 0.5) is 0 Å². The fourth-order valence-electron chi connectivity index (χ4n) is 1.02. The highest BCUT2D eigenvalue weighted by molar-refractivity contribution is 7.89. The van der Waals surface area contributed by atoms with Gasteiger partial charge in [-0.15, -0.1) is 0 Å². The summed E-state index contributed by atoms with van der Waals surface area (Å²) in [5.41, 5.74) is 0. The molecule has 7 heteroatoms. The predicted octanol–water partition coefficient (Wildman–Crippen LogP) is -0.673. The third kappa shape index (κ3) is 3.01. The number of rotatable bonds is 5. The van der Waals surface area contributed by atoms with E-state index in [1.165, 1.54) is 16.9 Å². The number of hydrogen-bond donors (Lipinski definition) is 2. The maximum Gasteiger partial charge on any atom is 0.257 e. The van der Waals surface area contributed by atoms with E-state index < -0.39 is 10.0 Å². The number of nitrogens with zero attached hydrogens (tertiary/aromatic N) is 2. The molecular weight excluding hydrogens is 218 g/mol. The van der Waals surface area contributed by atoms with Crippen LogP contribution in [0, 0.1) is 5.92 Å². The average molecular weight is 233 g/mol. The Kier molecular flexibility index (Phi) is 3.83. The van der Waals surface area contributed by atoms with Crippen LogP contribution in [0.5, 0.6) is 0 Å². The minimum atomic E-state index is -3.51. The monoisotopic (exact) mass is 233 g/mol. The van der Waals surface area contributed by atoms with Crippen LogP contribution in [0.3, 0.4) is 0 Å². The molecule has 1 unspecified atom stereocenters. The summed E-state index contributed by atoms with van der Waals surface area (Å²) in [6.07, 6.45) is 1.42. The Hall–Kier alpha value is -0.920. The lowest BCUT2D eigenvalue weighted by atomic mass is 10.2. The fourth-order valence-corrected chi connectivity index (χ4v) is 2.30. The van der Waals surface area contributed by atoms with Crippen molar-refractivity contribution in [1.29, 1.82) is 0 Å². The summed E-state index contributed by atoms with van der Waals surface area (Å²) >= 11 is 0. The lowest BCUT2D eigenvalue weighted by molar-refractivity contribution is 0.238. The first-order valence-electron chi connectivity index (χ1n) is 4.56. The maximum absolute atomic E-state index is 11.7. The van der Waals surface area contributed by atoms with Crippen molar-refractivity contribution in [3.05, 3.63) is 12.3 Å². The molecule has 0 saturated carbocycles. The van der Waals surface area contributed by atoms with E-state index in [9.17, 15) is 8.42 Å². The van der Waals surface area contributed by atoms with Gasteiger partial charge >= 0.3 is 0 Å². The minimum Gasteiger partial charge on any atom is -0.396 e. The Balaban J connectivity index is 2.73. The third-order valence-electron chi connectivity index (χ3n) is 1.98. The lowest BCUT2D eigenvalue weighted by Crippen LogP contribution is -2.30. The van der Waals surface area contributed by atoms with Gasteiger partial charge in [-0.05, 0) is 12.0 Å². The van der Waals surface area contributed by atoms with Gasteiger partial charge in [0.05, 0.1) is 6.20 Å². The number of sulfonamides is 1. The normalized spacial score (nSPS) is 14.1. The van der Waals surface area contributed by atoms with E-state index in [2.05, 4.69) is 9.82 Å². The van der Waals surface area contributed by atoms with Crippen molar-refractivity contribution >= 4 is 10.0 Å². The first-order valence-corrected chi connectivity index (χ1v) is 6.04. The van der Waals surface area contributed by atoms with Crippen LogP contribution in [-0.2, 0) is 17.1 Å². The molecule has 1 aromatic heterocycles. The quantitative estimate of drug-likeness (QED) is 0.706. The molecule has 6 nitrogen and oxygen atoms in total. The van der Waals surface area contributed by atoms with E-state index in [1.54, 1.807) is 14.0 Å². The third-order valence-corrected chi connectivity index (χ3v) is 3.48. The Morgan fingerprint density at radius 1 is 1.67 bits per heavy atom. The Morgan fingerprint density at radius 3 is 2.80 bits per heavy atom. The summed E-state index contributed by atoms with van der Waals surface area (Å²) in [4.78, 5) is 0. The molecule has 0 fully saturated rings. The van der Waals surface area contributed by atoms with Crippen LogP contribution in [0.25, 0.3) is 0 Å². The predicted molar refractivity (Wildman–Crippen MR) is 54.6 cm³/mol. The van der Waals surface area contributed by atoms with E-state index in [4.69, 9.17) is 5.11 Å². The van der Waals surface area contributed by atoms with E-state index in [0.717, 1.165) is 0 Å². The summed E-state index contributed by atoms with van der Waals surface area (Å²) in [5.74, 6) is -0.104. The zero-order valence-corrected chi connectivity index (χ0v) is 9.53. The summed E-state index contributed by atoms with van der Waals surface area (Å²) in [5, 5.41) is 12.7. The summed E-state index contributed by atoms with van der Waals surface area (Å²) in [7, 11) is -1.95. The average Bonchev–Trinajstić information content (AvgIpc) is 2.61. The van der Waals surface area contributed by atoms with Gasteiger partial charge in [0.2, 0.25) is 0 Å². The van der Waals surface area contributed by atoms with Gasteiger partial charge in [-0.1, -0.05) is 6.92 Å². The molecule has 2 N–H and O–H groups in total. The van der Waals surface area contributed by atoms with Crippen LogP contribution in [0.2, 0.25) is 0 Å². The maximum atomic E-state index is 11.7. The van der Waals surface area contributed by atoms with Crippen LogP contribution >= 0.6 is 0 Å². The molecule has 0 aliphatic carbocycles. The second kappa shape index (κ2) is 4.73. The Morgan fingerprint density at radius 2 is 2.33 bits per heavy atom. The number of aromatic nitrogens is 2. The highest BCUT2D eigenvalue weighted by atomic mass is 32.2. The van der Waals surface area contributed by atoms with Gasteiger partial charge in [0, 0.05) is 20.2 Å². The Labute approximate surface area is 89.0 Å². The van der Waals surface area contributed by atoms with Crippen molar-refractivity contribution in [2.45, 2.75) is 11.9 Å². The van der Waals surface area contributed by atoms with Gasteiger partial charge < -0.3 is 5.11 Å². The summed E-state index contributed by atoms with van der Waals surface area (Å²) < 4.78 is 27.0. The van der Waals surface area contributed by atoms with E-state index >= 15 is 0 Å². The number of aliphatic hydroxyl groups is 1. The molecule has 0 aliphatic heterocycles. The largest absolute Gasteiger partial charge is 0.396 e. The number of hydrogen-bond acceptors (Lipinski definition) is 4. The van der Waals surface area contributed by atoms with E-state index in [1.807, 2.05) is 0 Å². The molecule has 86 valence electrons. The molecule has 1 rings (SSSR count).